The number of aliphatic imine (C=N–C) groups is 1. The van der Waals surface area contributed by atoms with E-state index in [0.29, 0.717) is 17.2 Å². The van der Waals surface area contributed by atoms with Gasteiger partial charge in [0.25, 0.3) is 0 Å². The van der Waals surface area contributed by atoms with Gasteiger partial charge in [0.05, 0.1) is 12.1 Å². The highest BCUT2D eigenvalue weighted by molar-refractivity contribution is 6.02. The van der Waals surface area contributed by atoms with Crippen LogP contribution in [0.15, 0.2) is 58.6 Å². The Labute approximate surface area is 139 Å². The summed E-state index contributed by atoms with van der Waals surface area (Å²) in [6.07, 6.45) is 9.58. The molecule has 3 N–H and O–H groups in total. The second kappa shape index (κ2) is 5.43. The number of nitrogens with zero attached hydrogens (tertiary/aromatic N) is 2. The summed E-state index contributed by atoms with van der Waals surface area (Å²) in [5.41, 5.74) is 3.77. The summed E-state index contributed by atoms with van der Waals surface area (Å²) in [6, 6.07) is 9.50. The van der Waals surface area contributed by atoms with Crippen molar-refractivity contribution >= 4 is 5.84 Å². The van der Waals surface area contributed by atoms with Gasteiger partial charge in [0, 0.05) is 11.1 Å². The molecule has 1 aromatic carbocycles. The molecule has 2 atom stereocenters. The van der Waals surface area contributed by atoms with Crippen LogP contribution in [0.4, 0.5) is 0 Å². The quantitative estimate of drug-likeness (QED) is 0.745. The van der Waals surface area contributed by atoms with Crippen LogP contribution in [-0.4, -0.2) is 33.2 Å². The molecule has 2 heterocycles. The monoisotopic (exact) mass is 316 g/mol. The van der Waals surface area contributed by atoms with E-state index in [4.69, 9.17) is 6.42 Å². The van der Waals surface area contributed by atoms with Gasteiger partial charge >= 0.3 is 0 Å². The minimum Gasteiger partial charge on any atom is -0.504 e. The highest BCUT2D eigenvalue weighted by Gasteiger charge is 2.32. The lowest BCUT2D eigenvalue weighted by molar-refractivity contribution is 0.476. The van der Waals surface area contributed by atoms with Gasteiger partial charge in [-0.2, -0.15) is 5.10 Å². The first-order valence-electron chi connectivity index (χ1n) is 7.72. The number of allylic oxidation sites excluding steroid dienone is 2. The largest absolute Gasteiger partial charge is 0.504 e. The molecular formula is C19H16N4O. The standard InChI is InChI=1S/C19H16N4O/c1-3-12-10-15-14(9-11(12)2)20-19(21-15)17-18(24)16(22-23-17)13-7-5-4-6-8-13/h1,4-10,14-15,24H,2H3,(H,20,21)(H,22,23). The van der Waals surface area contributed by atoms with Gasteiger partial charge in [0.2, 0.25) is 0 Å². The Hall–Kier alpha value is -3.26. The predicted octanol–water partition coefficient (Wildman–Crippen LogP) is 2.39. The van der Waals surface area contributed by atoms with Crippen LogP contribution in [0.5, 0.6) is 5.75 Å². The molecule has 5 nitrogen and oxygen atoms in total. The molecule has 0 spiro atoms. The summed E-state index contributed by atoms with van der Waals surface area (Å²) in [6.45, 7) is 1.99. The SMILES string of the molecule is C#CC1=CC2N=C(c3[nH]nc(-c4ccccc4)c3O)NC2C=C1C. The number of nitrogens with one attached hydrogen (secondary N) is 2. The van der Waals surface area contributed by atoms with Crippen LogP contribution >= 0.6 is 0 Å². The number of benzene rings is 1. The minimum atomic E-state index is -0.0716. The van der Waals surface area contributed by atoms with E-state index in [1.54, 1.807) is 0 Å². The maximum atomic E-state index is 10.5. The molecule has 2 aliphatic rings. The maximum absolute atomic E-state index is 10.5. The van der Waals surface area contributed by atoms with E-state index < -0.39 is 0 Å². The van der Waals surface area contributed by atoms with Crippen molar-refractivity contribution in [2.45, 2.75) is 19.0 Å². The van der Waals surface area contributed by atoms with Crippen molar-refractivity contribution in [2.75, 3.05) is 0 Å². The molecule has 0 radical (unpaired) electrons. The summed E-state index contributed by atoms with van der Waals surface area (Å²) >= 11 is 0. The zero-order valence-corrected chi connectivity index (χ0v) is 13.1. The maximum Gasteiger partial charge on any atom is 0.172 e. The van der Waals surface area contributed by atoms with Crippen molar-refractivity contribution in [3.05, 3.63) is 59.3 Å². The van der Waals surface area contributed by atoms with Crippen molar-refractivity contribution in [3.63, 3.8) is 0 Å². The van der Waals surface area contributed by atoms with E-state index >= 15 is 0 Å². The number of hydrogen-bond acceptors (Lipinski definition) is 4. The fourth-order valence-electron chi connectivity index (χ4n) is 3.05. The molecular weight excluding hydrogens is 300 g/mol. The normalized spacial score (nSPS) is 21.9. The Morgan fingerprint density at radius 3 is 2.75 bits per heavy atom. The molecule has 24 heavy (non-hydrogen) atoms. The lowest BCUT2D eigenvalue weighted by atomic mass is 9.94. The highest BCUT2D eigenvalue weighted by Crippen LogP contribution is 2.32. The van der Waals surface area contributed by atoms with Crippen molar-refractivity contribution in [1.29, 1.82) is 0 Å². The van der Waals surface area contributed by atoms with Crippen LogP contribution in [0.2, 0.25) is 0 Å². The van der Waals surface area contributed by atoms with Crippen LogP contribution in [0.1, 0.15) is 12.6 Å². The van der Waals surface area contributed by atoms with E-state index in [1.807, 2.05) is 43.3 Å². The second-order valence-electron chi connectivity index (χ2n) is 5.87. The Morgan fingerprint density at radius 2 is 2.00 bits per heavy atom. The first kappa shape index (κ1) is 14.3. The zero-order chi connectivity index (χ0) is 16.7. The number of amidine groups is 1. The summed E-state index contributed by atoms with van der Waals surface area (Å²) in [5.74, 6) is 3.37. The van der Waals surface area contributed by atoms with E-state index in [0.717, 1.165) is 16.7 Å². The molecule has 2 aromatic rings. The van der Waals surface area contributed by atoms with Crippen LogP contribution in [0.25, 0.3) is 11.3 Å². The number of aromatic nitrogens is 2. The molecule has 1 aromatic heterocycles. The molecule has 1 aliphatic heterocycles. The summed E-state index contributed by atoms with van der Waals surface area (Å²) in [7, 11) is 0. The molecule has 0 fully saturated rings. The van der Waals surface area contributed by atoms with Crippen molar-refractivity contribution in [3.8, 4) is 29.4 Å². The Kier molecular flexibility index (Phi) is 3.24. The van der Waals surface area contributed by atoms with Gasteiger partial charge in [-0.3, -0.25) is 10.1 Å². The fraction of sp³-hybridized carbons (Fsp3) is 0.158. The first-order valence-corrected chi connectivity index (χ1v) is 7.72. The second-order valence-corrected chi connectivity index (χ2v) is 5.87. The Morgan fingerprint density at radius 1 is 1.21 bits per heavy atom. The van der Waals surface area contributed by atoms with Gasteiger partial charge in [-0.25, -0.2) is 0 Å². The lowest BCUT2D eigenvalue weighted by Gasteiger charge is -2.18. The van der Waals surface area contributed by atoms with Crippen LogP contribution < -0.4 is 5.32 Å². The molecule has 0 saturated heterocycles. The van der Waals surface area contributed by atoms with Crippen LogP contribution in [-0.2, 0) is 0 Å². The number of aromatic amines is 1. The number of rotatable bonds is 2. The minimum absolute atomic E-state index is 0.0416. The smallest absolute Gasteiger partial charge is 0.172 e. The third-order valence-corrected chi connectivity index (χ3v) is 4.32. The first-order chi connectivity index (χ1) is 11.7. The summed E-state index contributed by atoms with van der Waals surface area (Å²) in [4.78, 5) is 4.64. The fourth-order valence-corrected chi connectivity index (χ4v) is 3.05. The lowest BCUT2D eigenvalue weighted by Crippen LogP contribution is -2.34. The van der Waals surface area contributed by atoms with E-state index in [2.05, 4.69) is 32.5 Å². The third-order valence-electron chi connectivity index (χ3n) is 4.32. The predicted molar refractivity (Wildman–Crippen MR) is 93.6 cm³/mol. The van der Waals surface area contributed by atoms with E-state index in [1.165, 1.54) is 0 Å². The van der Waals surface area contributed by atoms with E-state index in [9.17, 15) is 5.11 Å². The van der Waals surface area contributed by atoms with Gasteiger partial charge in [-0.05, 0) is 18.6 Å². The summed E-state index contributed by atoms with van der Waals surface area (Å²) in [5, 5.41) is 21.0. The van der Waals surface area contributed by atoms with Gasteiger partial charge in [0.1, 0.15) is 11.4 Å². The van der Waals surface area contributed by atoms with Crippen molar-refractivity contribution in [1.82, 2.24) is 15.5 Å². The molecule has 0 amide bonds. The van der Waals surface area contributed by atoms with Crippen molar-refractivity contribution in [2.24, 2.45) is 4.99 Å². The van der Waals surface area contributed by atoms with Gasteiger partial charge in [0.15, 0.2) is 11.6 Å². The molecule has 0 bridgehead atoms. The van der Waals surface area contributed by atoms with Crippen LogP contribution in [0.3, 0.4) is 0 Å². The number of aromatic hydroxyl groups is 1. The molecule has 2 unspecified atom stereocenters. The number of terminal acetylenes is 1. The zero-order valence-electron chi connectivity index (χ0n) is 13.1. The van der Waals surface area contributed by atoms with Gasteiger partial charge in [-0.1, -0.05) is 42.3 Å². The highest BCUT2D eigenvalue weighted by atomic mass is 16.3. The van der Waals surface area contributed by atoms with Gasteiger partial charge in [-0.15, -0.1) is 6.42 Å². The molecule has 118 valence electrons. The van der Waals surface area contributed by atoms with Crippen LogP contribution in [0, 0.1) is 12.3 Å². The number of H-pyrrole nitrogens is 1. The molecule has 0 saturated carbocycles. The van der Waals surface area contributed by atoms with Gasteiger partial charge < -0.3 is 10.4 Å². The molecule has 4 rings (SSSR count). The average molecular weight is 316 g/mol. The molecule has 5 heteroatoms. The topological polar surface area (TPSA) is 73.3 Å². The number of fused-ring (bicyclic) bond motifs is 1. The summed E-state index contributed by atoms with van der Waals surface area (Å²) < 4.78 is 0. The Bertz CT molecular complexity index is 928. The van der Waals surface area contributed by atoms with Crippen molar-refractivity contribution < 1.29 is 5.11 Å². The average Bonchev–Trinajstić information content (AvgIpc) is 3.17. The number of hydrogen-bond donors (Lipinski definition) is 3. The molecule has 1 aliphatic carbocycles. The Balaban J connectivity index is 1.69. The third kappa shape index (κ3) is 2.20. The van der Waals surface area contributed by atoms with E-state index in [-0.39, 0.29) is 17.8 Å².